The molecule has 3 nitrogen and oxygen atoms in total. The molecule has 1 N–H and O–H groups in total. The van der Waals surface area contributed by atoms with Gasteiger partial charge in [0.2, 0.25) is 0 Å². The van der Waals surface area contributed by atoms with Crippen molar-refractivity contribution in [1.29, 1.82) is 0 Å². The van der Waals surface area contributed by atoms with E-state index in [4.69, 9.17) is 4.74 Å². The summed E-state index contributed by atoms with van der Waals surface area (Å²) < 4.78 is 6.47. The minimum atomic E-state index is 0.179. The van der Waals surface area contributed by atoms with Gasteiger partial charge in [-0.15, -0.1) is 0 Å². The average Bonchev–Trinajstić information content (AvgIpc) is 2.48. The van der Waals surface area contributed by atoms with Crippen molar-refractivity contribution in [3.8, 4) is 5.75 Å². The Bertz CT molecular complexity index is 584. The van der Waals surface area contributed by atoms with Crippen molar-refractivity contribution in [2.45, 2.75) is 26.3 Å². The lowest BCUT2D eigenvalue weighted by Gasteiger charge is -2.19. The van der Waals surface area contributed by atoms with E-state index >= 15 is 0 Å². The van der Waals surface area contributed by atoms with Crippen LogP contribution < -0.4 is 10.1 Å². The SMILES string of the molecule is CCNC(Cc1cc(C)ccc1OC)c1ccc(Br)cn1. The van der Waals surface area contributed by atoms with Gasteiger partial charge in [-0.25, -0.2) is 0 Å². The maximum atomic E-state index is 5.48. The molecule has 0 fully saturated rings. The van der Waals surface area contributed by atoms with Crippen molar-refractivity contribution >= 4 is 15.9 Å². The van der Waals surface area contributed by atoms with Crippen LogP contribution in [0.5, 0.6) is 5.75 Å². The van der Waals surface area contributed by atoms with E-state index in [1.165, 1.54) is 11.1 Å². The highest BCUT2D eigenvalue weighted by atomic mass is 79.9. The fourth-order valence-corrected chi connectivity index (χ4v) is 2.64. The molecule has 0 aliphatic rings. The quantitative estimate of drug-likeness (QED) is 0.854. The number of hydrogen-bond acceptors (Lipinski definition) is 3. The molecular weight excluding hydrogens is 328 g/mol. The van der Waals surface area contributed by atoms with Crippen molar-refractivity contribution in [2.75, 3.05) is 13.7 Å². The van der Waals surface area contributed by atoms with Gasteiger partial charge in [-0.2, -0.15) is 0 Å². The van der Waals surface area contributed by atoms with E-state index in [0.717, 1.165) is 28.9 Å². The largest absolute Gasteiger partial charge is 0.496 e. The van der Waals surface area contributed by atoms with Crippen LogP contribution >= 0.6 is 15.9 Å². The molecule has 0 amide bonds. The smallest absolute Gasteiger partial charge is 0.122 e. The van der Waals surface area contributed by atoms with Gasteiger partial charge in [0, 0.05) is 10.7 Å². The van der Waals surface area contributed by atoms with Gasteiger partial charge in [0.1, 0.15) is 5.75 Å². The van der Waals surface area contributed by atoms with E-state index in [1.807, 2.05) is 18.3 Å². The fraction of sp³-hybridized carbons (Fsp3) is 0.353. The molecule has 112 valence electrons. The van der Waals surface area contributed by atoms with Crippen molar-refractivity contribution in [3.05, 3.63) is 57.8 Å². The third-order valence-electron chi connectivity index (χ3n) is 3.42. The van der Waals surface area contributed by atoms with Crippen molar-refractivity contribution < 1.29 is 4.74 Å². The standard InChI is InChI=1S/C17H21BrN2O/c1-4-19-16(15-7-6-14(18)11-20-15)10-13-9-12(2)5-8-17(13)21-3/h5-9,11,16,19H,4,10H2,1-3H3. The second kappa shape index (κ2) is 7.57. The molecule has 0 aliphatic carbocycles. The summed E-state index contributed by atoms with van der Waals surface area (Å²) in [5.41, 5.74) is 3.49. The first kappa shape index (κ1) is 16.0. The fourth-order valence-electron chi connectivity index (χ4n) is 2.41. The Morgan fingerprint density at radius 2 is 2.10 bits per heavy atom. The predicted octanol–water partition coefficient (Wildman–Crippen LogP) is 4.05. The summed E-state index contributed by atoms with van der Waals surface area (Å²) in [6.45, 7) is 5.11. The molecule has 0 radical (unpaired) electrons. The predicted molar refractivity (Wildman–Crippen MR) is 89.8 cm³/mol. The summed E-state index contributed by atoms with van der Waals surface area (Å²) in [4.78, 5) is 4.52. The van der Waals surface area contributed by atoms with Crippen molar-refractivity contribution in [3.63, 3.8) is 0 Å². The monoisotopic (exact) mass is 348 g/mol. The number of ether oxygens (including phenoxy) is 1. The van der Waals surface area contributed by atoms with Crippen molar-refractivity contribution in [2.24, 2.45) is 0 Å². The Labute approximate surface area is 134 Å². The molecule has 1 unspecified atom stereocenters. The van der Waals surface area contributed by atoms with Gasteiger partial charge < -0.3 is 10.1 Å². The van der Waals surface area contributed by atoms with E-state index in [2.05, 4.69) is 58.3 Å². The molecular formula is C17H21BrN2O. The zero-order valence-electron chi connectivity index (χ0n) is 12.7. The van der Waals surface area contributed by atoms with Gasteiger partial charge in [-0.3, -0.25) is 4.98 Å². The molecule has 1 aromatic heterocycles. The van der Waals surface area contributed by atoms with Crippen LogP contribution in [0.2, 0.25) is 0 Å². The first-order chi connectivity index (χ1) is 10.1. The normalized spacial score (nSPS) is 12.2. The van der Waals surface area contributed by atoms with E-state index < -0.39 is 0 Å². The Kier molecular flexibility index (Phi) is 5.76. The summed E-state index contributed by atoms with van der Waals surface area (Å²) in [7, 11) is 1.72. The number of likely N-dealkylation sites (N-methyl/N-ethyl adjacent to an activating group) is 1. The minimum Gasteiger partial charge on any atom is -0.496 e. The maximum Gasteiger partial charge on any atom is 0.122 e. The van der Waals surface area contributed by atoms with Crippen LogP contribution in [0, 0.1) is 6.92 Å². The van der Waals surface area contributed by atoms with Crippen LogP contribution in [0.25, 0.3) is 0 Å². The number of methoxy groups -OCH3 is 1. The zero-order valence-corrected chi connectivity index (χ0v) is 14.3. The number of hydrogen-bond donors (Lipinski definition) is 1. The van der Waals surface area contributed by atoms with E-state index in [0.29, 0.717) is 0 Å². The van der Waals surface area contributed by atoms with Gasteiger partial charge in [-0.1, -0.05) is 24.6 Å². The van der Waals surface area contributed by atoms with Crippen LogP contribution in [-0.4, -0.2) is 18.6 Å². The Hall–Kier alpha value is -1.39. The lowest BCUT2D eigenvalue weighted by atomic mass is 10.00. The molecule has 0 bridgehead atoms. The molecule has 1 aromatic carbocycles. The minimum absolute atomic E-state index is 0.179. The van der Waals surface area contributed by atoms with Gasteiger partial charge in [0.15, 0.2) is 0 Å². The van der Waals surface area contributed by atoms with Crippen LogP contribution in [0.1, 0.15) is 29.8 Å². The summed E-state index contributed by atoms with van der Waals surface area (Å²) >= 11 is 3.43. The highest BCUT2D eigenvalue weighted by Crippen LogP contribution is 2.26. The maximum absolute atomic E-state index is 5.48. The zero-order chi connectivity index (χ0) is 15.2. The van der Waals surface area contributed by atoms with Gasteiger partial charge in [0.25, 0.3) is 0 Å². The molecule has 0 saturated heterocycles. The lowest BCUT2D eigenvalue weighted by Crippen LogP contribution is -2.24. The van der Waals surface area contributed by atoms with Gasteiger partial charge in [-0.05, 0) is 59.6 Å². The molecule has 1 atom stereocenters. The molecule has 1 heterocycles. The average molecular weight is 349 g/mol. The summed E-state index contributed by atoms with van der Waals surface area (Å²) in [6.07, 6.45) is 2.69. The molecule has 0 aliphatic heterocycles. The third kappa shape index (κ3) is 4.29. The van der Waals surface area contributed by atoms with Crippen molar-refractivity contribution in [1.82, 2.24) is 10.3 Å². The number of rotatable bonds is 6. The second-order valence-corrected chi connectivity index (χ2v) is 5.95. The second-order valence-electron chi connectivity index (χ2n) is 5.03. The summed E-state index contributed by atoms with van der Waals surface area (Å²) in [5, 5.41) is 3.50. The molecule has 4 heteroatoms. The number of pyridine rings is 1. The number of nitrogens with one attached hydrogen (secondary N) is 1. The lowest BCUT2D eigenvalue weighted by molar-refractivity contribution is 0.405. The number of nitrogens with zero attached hydrogens (tertiary/aromatic N) is 1. The molecule has 0 spiro atoms. The third-order valence-corrected chi connectivity index (χ3v) is 3.89. The van der Waals surface area contributed by atoms with Crippen LogP contribution in [-0.2, 0) is 6.42 Å². The van der Waals surface area contributed by atoms with Gasteiger partial charge >= 0.3 is 0 Å². The molecule has 2 aromatic rings. The molecule has 2 rings (SSSR count). The van der Waals surface area contributed by atoms with E-state index in [1.54, 1.807) is 7.11 Å². The summed E-state index contributed by atoms with van der Waals surface area (Å²) in [6, 6.07) is 10.5. The highest BCUT2D eigenvalue weighted by Gasteiger charge is 2.15. The molecule has 0 saturated carbocycles. The van der Waals surface area contributed by atoms with E-state index in [-0.39, 0.29) is 6.04 Å². The van der Waals surface area contributed by atoms with Crippen LogP contribution in [0.4, 0.5) is 0 Å². The van der Waals surface area contributed by atoms with Crippen LogP contribution in [0.15, 0.2) is 41.0 Å². The summed E-state index contributed by atoms with van der Waals surface area (Å²) in [5.74, 6) is 0.931. The first-order valence-electron chi connectivity index (χ1n) is 7.12. The first-order valence-corrected chi connectivity index (χ1v) is 7.91. The van der Waals surface area contributed by atoms with E-state index in [9.17, 15) is 0 Å². The highest BCUT2D eigenvalue weighted by molar-refractivity contribution is 9.10. The number of halogens is 1. The Balaban J connectivity index is 2.27. The number of aryl methyl sites for hydroxylation is 1. The topological polar surface area (TPSA) is 34.1 Å². The Morgan fingerprint density at radius 1 is 1.29 bits per heavy atom. The number of benzene rings is 1. The number of aromatic nitrogens is 1. The van der Waals surface area contributed by atoms with Gasteiger partial charge in [0.05, 0.1) is 18.8 Å². The Morgan fingerprint density at radius 3 is 2.71 bits per heavy atom. The van der Waals surface area contributed by atoms with Crippen LogP contribution in [0.3, 0.4) is 0 Å². The molecule has 21 heavy (non-hydrogen) atoms.